The number of hydrogen-bond donors (Lipinski definition) is 1. The second kappa shape index (κ2) is 4.39. The molecule has 0 aliphatic carbocycles. The van der Waals surface area contributed by atoms with Crippen molar-refractivity contribution in [3.63, 3.8) is 0 Å². The summed E-state index contributed by atoms with van der Waals surface area (Å²) in [5.41, 5.74) is 6.56. The van der Waals surface area contributed by atoms with Gasteiger partial charge in [-0.3, -0.25) is 4.79 Å². The third kappa shape index (κ3) is 1.95. The summed E-state index contributed by atoms with van der Waals surface area (Å²) >= 11 is 0. The molecule has 0 saturated heterocycles. The van der Waals surface area contributed by atoms with E-state index in [4.69, 9.17) is 0 Å². The topological polar surface area (TPSA) is 32.9 Å². The Labute approximate surface area is 112 Å². The largest absolute Gasteiger partial charge is 0.360 e. The van der Waals surface area contributed by atoms with Crippen molar-refractivity contribution in [2.24, 2.45) is 0 Å². The van der Waals surface area contributed by atoms with Gasteiger partial charge in [-0.2, -0.15) is 0 Å². The zero-order valence-electron chi connectivity index (χ0n) is 11.0. The summed E-state index contributed by atoms with van der Waals surface area (Å²) in [5.74, 6) is 0. The van der Waals surface area contributed by atoms with Crippen LogP contribution in [0.1, 0.15) is 21.5 Å². The van der Waals surface area contributed by atoms with Gasteiger partial charge < -0.3 is 4.98 Å². The SMILES string of the molecule is Cc1ccc(C)c(-c2ccc3[nH]cc(C=O)c3c2)c1. The van der Waals surface area contributed by atoms with Crippen molar-refractivity contribution in [1.82, 2.24) is 4.98 Å². The number of aryl methyl sites for hydroxylation is 2. The molecule has 0 fully saturated rings. The lowest BCUT2D eigenvalue weighted by Crippen LogP contribution is -1.85. The van der Waals surface area contributed by atoms with Crippen LogP contribution in [0.25, 0.3) is 22.0 Å². The van der Waals surface area contributed by atoms with Crippen LogP contribution in [-0.2, 0) is 0 Å². The summed E-state index contributed by atoms with van der Waals surface area (Å²) in [4.78, 5) is 14.1. The Balaban J connectivity index is 2.24. The van der Waals surface area contributed by atoms with E-state index in [1.807, 2.05) is 6.07 Å². The Morgan fingerprint density at radius 3 is 2.68 bits per heavy atom. The number of aromatic amines is 1. The lowest BCUT2D eigenvalue weighted by molar-refractivity contribution is 0.112. The van der Waals surface area contributed by atoms with E-state index in [0.29, 0.717) is 5.56 Å². The second-order valence-electron chi connectivity index (χ2n) is 4.94. The second-order valence-corrected chi connectivity index (χ2v) is 4.94. The molecule has 19 heavy (non-hydrogen) atoms. The molecule has 0 aliphatic rings. The number of nitrogens with one attached hydrogen (secondary N) is 1. The first kappa shape index (κ1) is 11.7. The van der Waals surface area contributed by atoms with Gasteiger partial charge in [0.25, 0.3) is 0 Å². The van der Waals surface area contributed by atoms with Crippen LogP contribution >= 0.6 is 0 Å². The highest BCUT2D eigenvalue weighted by Crippen LogP contribution is 2.28. The molecule has 94 valence electrons. The number of carbonyl (C=O) groups excluding carboxylic acids is 1. The number of aldehydes is 1. The zero-order valence-corrected chi connectivity index (χ0v) is 11.0. The summed E-state index contributed by atoms with van der Waals surface area (Å²) in [7, 11) is 0. The van der Waals surface area contributed by atoms with Gasteiger partial charge >= 0.3 is 0 Å². The van der Waals surface area contributed by atoms with E-state index in [1.165, 1.54) is 16.7 Å². The van der Waals surface area contributed by atoms with Gasteiger partial charge in [0.05, 0.1) is 0 Å². The fourth-order valence-corrected chi connectivity index (χ4v) is 2.45. The first-order chi connectivity index (χ1) is 9.19. The van der Waals surface area contributed by atoms with E-state index < -0.39 is 0 Å². The van der Waals surface area contributed by atoms with Gasteiger partial charge in [-0.1, -0.05) is 29.8 Å². The van der Waals surface area contributed by atoms with Gasteiger partial charge in [0.2, 0.25) is 0 Å². The maximum absolute atomic E-state index is 11.0. The van der Waals surface area contributed by atoms with Crippen molar-refractivity contribution in [1.29, 1.82) is 0 Å². The van der Waals surface area contributed by atoms with Gasteiger partial charge in [-0.05, 0) is 42.7 Å². The average Bonchev–Trinajstić information content (AvgIpc) is 2.83. The molecule has 0 saturated carbocycles. The highest BCUT2D eigenvalue weighted by molar-refractivity contribution is 5.99. The van der Waals surface area contributed by atoms with Gasteiger partial charge in [-0.15, -0.1) is 0 Å². The molecule has 0 bridgehead atoms. The van der Waals surface area contributed by atoms with Crippen molar-refractivity contribution in [3.8, 4) is 11.1 Å². The van der Waals surface area contributed by atoms with E-state index >= 15 is 0 Å². The highest BCUT2D eigenvalue weighted by Gasteiger charge is 2.07. The summed E-state index contributed by atoms with van der Waals surface area (Å²) in [6.45, 7) is 4.20. The number of H-pyrrole nitrogens is 1. The number of carbonyl (C=O) groups is 1. The van der Waals surface area contributed by atoms with Gasteiger partial charge in [0, 0.05) is 22.7 Å². The maximum atomic E-state index is 11.0. The molecule has 1 aromatic heterocycles. The minimum atomic E-state index is 0.710. The number of hydrogen-bond acceptors (Lipinski definition) is 1. The fraction of sp³-hybridized carbons (Fsp3) is 0.118. The van der Waals surface area contributed by atoms with E-state index in [-0.39, 0.29) is 0 Å². The quantitative estimate of drug-likeness (QED) is 0.676. The molecular weight excluding hydrogens is 234 g/mol. The molecule has 2 nitrogen and oxygen atoms in total. The van der Waals surface area contributed by atoms with Crippen molar-refractivity contribution >= 4 is 17.2 Å². The number of fused-ring (bicyclic) bond motifs is 1. The van der Waals surface area contributed by atoms with Crippen LogP contribution in [0, 0.1) is 13.8 Å². The normalized spacial score (nSPS) is 10.8. The highest BCUT2D eigenvalue weighted by atomic mass is 16.1. The molecule has 2 aromatic carbocycles. The van der Waals surface area contributed by atoms with Crippen LogP contribution in [-0.4, -0.2) is 11.3 Å². The van der Waals surface area contributed by atoms with Gasteiger partial charge in [-0.25, -0.2) is 0 Å². The molecule has 0 aliphatic heterocycles. The maximum Gasteiger partial charge on any atom is 0.152 e. The lowest BCUT2D eigenvalue weighted by Gasteiger charge is -2.08. The summed E-state index contributed by atoms with van der Waals surface area (Å²) in [6.07, 6.45) is 2.65. The average molecular weight is 249 g/mol. The minimum absolute atomic E-state index is 0.710. The van der Waals surface area contributed by atoms with E-state index in [0.717, 1.165) is 22.8 Å². The molecule has 1 N–H and O–H groups in total. The van der Waals surface area contributed by atoms with E-state index in [9.17, 15) is 4.79 Å². The van der Waals surface area contributed by atoms with Crippen LogP contribution in [0.2, 0.25) is 0 Å². The lowest BCUT2D eigenvalue weighted by atomic mass is 9.97. The Bertz CT molecular complexity index is 768. The summed E-state index contributed by atoms with van der Waals surface area (Å²) in [5, 5.41) is 0.980. The van der Waals surface area contributed by atoms with Gasteiger partial charge in [0.1, 0.15) is 0 Å². The zero-order chi connectivity index (χ0) is 13.4. The van der Waals surface area contributed by atoms with Crippen molar-refractivity contribution in [3.05, 3.63) is 59.3 Å². The predicted octanol–water partition coefficient (Wildman–Crippen LogP) is 4.26. The molecule has 0 unspecified atom stereocenters. The third-order valence-electron chi connectivity index (χ3n) is 3.54. The Morgan fingerprint density at radius 1 is 1.05 bits per heavy atom. The molecule has 2 heteroatoms. The molecule has 0 atom stereocenters. The molecule has 0 spiro atoms. The van der Waals surface area contributed by atoms with Crippen LogP contribution in [0.4, 0.5) is 0 Å². The molecule has 0 amide bonds. The number of rotatable bonds is 2. The summed E-state index contributed by atoms with van der Waals surface area (Å²) < 4.78 is 0. The number of aromatic nitrogens is 1. The smallest absolute Gasteiger partial charge is 0.152 e. The molecule has 3 aromatic rings. The third-order valence-corrected chi connectivity index (χ3v) is 3.54. The minimum Gasteiger partial charge on any atom is -0.360 e. The monoisotopic (exact) mass is 249 g/mol. The molecule has 0 radical (unpaired) electrons. The van der Waals surface area contributed by atoms with E-state index in [2.05, 4.69) is 49.2 Å². The Hall–Kier alpha value is -2.35. The van der Waals surface area contributed by atoms with Gasteiger partial charge in [0.15, 0.2) is 6.29 Å². The molecule has 3 rings (SSSR count). The van der Waals surface area contributed by atoms with Crippen molar-refractivity contribution in [2.45, 2.75) is 13.8 Å². The first-order valence-electron chi connectivity index (χ1n) is 6.33. The number of benzene rings is 2. The van der Waals surface area contributed by atoms with Crippen LogP contribution < -0.4 is 0 Å². The Kier molecular flexibility index (Phi) is 2.71. The first-order valence-corrected chi connectivity index (χ1v) is 6.33. The van der Waals surface area contributed by atoms with Crippen molar-refractivity contribution < 1.29 is 4.79 Å². The van der Waals surface area contributed by atoms with Crippen LogP contribution in [0.3, 0.4) is 0 Å². The predicted molar refractivity (Wildman–Crippen MR) is 78.6 cm³/mol. The van der Waals surface area contributed by atoms with Crippen molar-refractivity contribution in [2.75, 3.05) is 0 Å². The fourth-order valence-electron chi connectivity index (χ4n) is 2.45. The van der Waals surface area contributed by atoms with Crippen LogP contribution in [0.5, 0.6) is 0 Å². The van der Waals surface area contributed by atoms with Crippen LogP contribution in [0.15, 0.2) is 42.6 Å². The van der Waals surface area contributed by atoms with E-state index in [1.54, 1.807) is 6.20 Å². The summed E-state index contributed by atoms with van der Waals surface area (Å²) in [6, 6.07) is 12.6. The standard InChI is InChI=1S/C17H15NO/c1-11-3-4-12(2)15(7-11)13-5-6-17-16(8-13)14(10-19)9-18-17/h3-10,18H,1-2H3. The molecule has 1 heterocycles. The molecular formula is C17H15NO. The Morgan fingerprint density at radius 2 is 1.89 bits per heavy atom.